The summed E-state index contributed by atoms with van der Waals surface area (Å²) in [5.74, 6) is 2.02. The van der Waals surface area contributed by atoms with Gasteiger partial charge in [-0.1, -0.05) is 0 Å². The second kappa shape index (κ2) is 8.10. The van der Waals surface area contributed by atoms with Crippen LogP contribution in [0.4, 0.5) is 5.82 Å². The van der Waals surface area contributed by atoms with E-state index in [1.165, 1.54) is 6.33 Å². The summed E-state index contributed by atoms with van der Waals surface area (Å²) in [5, 5.41) is 5.90. The molecule has 142 valence electrons. The standard InChI is InChI=1S/C20H18N4O3S/c1-26-14-6-4-13(5-7-14)17-9-16-19(28-17)20(24-12-23-16)22-11-18(25)21-10-15-3-2-8-27-15/h2-9,12H,10-11H2,1H3,(H,21,25)(H,22,23,24). The van der Waals surface area contributed by atoms with Crippen LogP contribution in [0.25, 0.3) is 20.7 Å². The van der Waals surface area contributed by atoms with Gasteiger partial charge in [0.2, 0.25) is 5.91 Å². The van der Waals surface area contributed by atoms with Crippen molar-refractivity contribution in [2.45, 2.75) is 6.54 Å². The smallest absolute Gasteiger partial charge is 0.239 e. The van der Waals surface area contributed by atoms with Crippen LogP contribution in [-0.2, 0) is 11.3 Å². The van der Waals surface area contributed by atoms with Crippen LogP contribution in [0.1, 0.15) is 5.76 Å². The number of amides is 1. The zero-order valence-corrected chi connectivity index (χ0v) is 16.0. The van der Waals surface area contributed by atoms with Gasteiger partial charge in [0.1, 0.15) is 23.7 Å². The fourth-order valence-electron chi connectivity index (χ4n) is 2.70. The molecule has 0 saturated heterocycles. The highest BCUT2D eigenvalue weighted by Crippen LogP contribution is 2.36. The summed E-state index contributed by atoms with van der Waals surface area (Å²) in [6.45, 7) is 0.468. The number of hydrogen-bond acceptors (Lipinski definition) is 7. The Morgan fingerprint density at radius 2 is 2.07 bits per heavy atom. The van der Waals surface area contributed by atoms with Crippen molar-refractivity contribution >= 4 is 33.3 Å². The van der Waals surface area contributed by atoms with E-state index in [4.69, 9.17) is 9.15 Å². The van der Waals surface area contributed by atoms with E-state index in [0.29, 0.717) is 18.1 Å². The molecule has 1 aromatic carbocycles. The molecule has 0 radical (unpaired) electrons. The molecule has 0 fully saturated rings. The van der Waals surface area contributed by atoms with E-state index in [2.05, 4.69) is 20.6 Å². The molecule has 1 amide bonds. The molecular weight excluding hydrogens is 376 g/mol. The van der Waals surface area contributed by atoms with Crippen LogP contribution in [0, 0.1) is 0 Å². The van der Waals surface area contributed by atoms with Crippen molar-refractivity contribution in [2.24, 2.45) is 0 Å². The number of nitrogens with one attached hydrogen (secondary N) is 2. The van der Waals surface area contributed by atoms with E-state index in [1.807, 2.05) is 36.4 Å². The molecule has 28 heavy (non-hydrogen) atoms. The third kappa shape index (κ3) is 3.96. The predicted octanol–water partition coefficient (Wildman–Crippen LogP) is 3.69. The Balaban J connectivity index is 1.46. The molecule has 3 heterocycles. The van der Waals surface area contributed by atoms with Gasteiger partial charge in [-0.15, -0.1) is 11.3 Å². The minimum atomic E-state index is -0.143. The van der Waals surface area contributed by atoms with Gasteiger partial charge < -0.3 is 19.8 Å². The zero-order chi connectivity index (χ0) is 19.3. The zero-order valence-electron chi connectivity index (χ0n) is 15.1. The molecule has 0 spiro atoms. The van der Waals surface area contributed by atoms with Crippen molar-refractivity contribution in [1.82, 2.24) is 15.3 Å². The number of methoxy groups -OCH3 is 1. The van der Waals surface area contributed by atoms with E-state index in [0.717, 1.165) is 26.4 Å². The van der Waals surface area contributed by atoms with E-state index in [-0.39, 0.29) is 12.5 Å². The predicted molar refractivity (Wildman–Crippen MR) is 108 cm³/mol. The minimum Gasteiger partial charge on any atom is -0.497 e. The van der Waals surface area contributed by atoms with Gasteiger partial charge in [-0.25, -0.2) is 9.97 Å². The molecule has 4 rings (SSSR count). The second-order valence-electron chi connectivity index (χ2n) is 5.99. The molecule has 0 aliphatic carbocycles. The molecule has 2 N–H and O–H groups in total. The summed E-state index contributed by atoms with van der Waals surface area (Å²) < 4.78 is 11.3. The van der Waals surface area contributed by atoms with E-state index in [9.17, 15) is 4.79 Å². The van der Waals surface area contributed by atoms with Crippen LogP contribution >= 0.6 is 11.3 Å². The number of carbonyl (C=O) groups excluding carboxylic acids is 1. The lowest BCUT2D eigenvalue weighted by Gasteiger charge is -2.06. The van der Waals surface area contributed by atoms with Crippen LogP contribution in [-0.4, -0.2) is 29.5 Å². The molecule has 0 unspecified atom stereocenters. The van der Waals surface area contributed by atoms with Gasteiger partial charge in [-0.3, -0.25) is 4.79 Å². The summed E-state index contributed by atoms with van der Waals surface area (Å²) in [7, 11) is 1.65. The lowest BCUT2D eigenvalue weighted by atomic mass is 10.2. The number of furan rings is 1. The summed E-state index contributed by atoms with van der Waals surface area (Å²) in [4.78, 5) is 21.8. The number of fused-ring (bicyclic) bond motifs is 1. The molecule has 4 aromatic rings. The quantitative estimate of drug-likeness (QED) is 0.497. The molecule has 8 heteroatoms. The van der Waals surface area contributed by atoms with Crippen LogP contribution in [0.5, 0.6) is 5.75 Å². The second-order valence-corrected chi connectivity index (χ2v) is 7.04. The van der Waals surface area contributed by atoms with Gasteiger partial charge in [0, 0.05) is 4.88 Å². The van der Waals surface area contributed by atoms with Crippen molar-refractivity contribution in [3.63, 3.8) is 0 Å². The first-order chi connectivity index (χ1) is 13.7. The number of aromatic nitrogens is 2. The molecule has 0 saturated carbocycles. The topological polar surface area (TPSA) is 89.3 Å². The number of benzene rings is 1. The molecule has 0 aliphatic heterocycles. The van der Waals surface area contributed by atoms with Gasteiger partial charge in [0.25, 0.3) is 0 Å². The van der Waals surface area contributed by atoms with E-state index in [1.54, 1.807) is 30.8 Å². The normalized spacial score (nSPS) is 10.8. The SMILES string of the molecule is COc1ccc(-c2cc3ncnc(NCC(=O)NCc4ccco4)c3s2)cc1. The molecule has 0 atom stereocenters. The fourth-order valence-corrected chi connectivity index (χ4v) is 3.79. The average Bonchev–Trinajstić information content (AvgIpc) is 3.40. The van der Waals surface area contributed by atoms with Gasteiger partial charge in [0.05, 0.1) is 36.7 Å². The molecule has 0 aliphatic rings. The summed E-state index contributed by atoms with van der Waals surface area (Å²) in [6, 6.07) is 13.5. The van der Waals surface area contributed by atoms with E-state index >= 15 is 0 Å². The highest BCUT2D eigenvalue weighted by atomic mass is 32.1. The van der Waals surface area contributed by atoms with Gasteiger partial charge in [-0.2, -0.15) is 0 Å². The van der Waals surface area contributed by atoms with Crippen LogP contribution in [0.15, 0.2) is 59.5 Å². The number of thiophene rings is 1. The number of anilines is 1. The highest BCUT2D eigenvalue weighted by Gasteiger charge is 2.11. The molecular formula is C20H18N4O3S. The first-order valence-corrected chi connectivity index (χ1v) is 9.46. The maximum absolute atomic E-state index is 12.1. The van der Waals surface area contributed by atoms with Crippen molar-refractivity contribution in [3.8, 4) is 16.2 Å². The fraction of sp³-hybridized carbons (Fsp3) is 0.150. The van der Waals surface area contributed by atoms with Gasteiger partial charge in [0.15, 0.2) is 0 Å². The van der Waals surface area contributed by atoms with Gasteiger partial charge >= 0.3 is 0 Å². The molecule has 7 nitrogen and oxygen atoms in total. The van der Waals surface area contributed by atoms with Crippen LogP contribution in [0.2, 0.25) is 0 Å². The van der Waals surface area contributed by atoms with Crippen molar-refractivity contribution in [3.05, 3.63) is 60.8 Å². The number of rotatable bonds is 7. The highest BCUT2D eigenvalue weighted by molar-refractivity contribution is 7.22. The van der Waals surface area contributed by atoms with Gasteiger partial charge in [-0.05, 0) is 48.0 Å². The Labute approximate surface area is 165 Å². The Hall–Kier alpha value is -3.39. The maximum Gasteiger partial charge on any atom is 0.239 e. The largest absolute Gasteiger partial charge is 0.497 e. The Kier molecular flexibility index (Phi) is 5.20. The number of ether oxygens (including phenoxy) is 1. The summed E-state index contributed by atoms with van der Waals surface area (Å²) >= 11 is 1.58. The number of hydrogen-bond donors (Lipinski definition) is 2. The van der Waals surface area contributed by atoms with Crippen LogP contribution in [0.3, 0.4) is 0 Å². The summed E-state index contributed by atoms with van der Waals surface area (Å²) in [5.41, 5.74) is 1.91. The number of carbonyl (C=O) groups is 1. The lowest BCUT2D eigenvalue weighted by molar-refractivity contribution is -0.119. The number of nitrogens with zero attached hydrogens (tertiary/aromatic N) is 2. The third-order valence-electron chi connectivity index (χ3n) is 4.14. The Bertz CT molecular complexity index is 1070. The first-order valence-electron chi connectivity index (χ1n) is 8.65. The van der Waals surface area contributed by atoms with Crippen molar-refractivity contribution < 1.29 is 13.9 Å². The maximum atomic E-state index is 12.1. The third-order valence-corrected chi connectivity index (χ3v) is 5.32. The minimum absolute atomic E-state index is 0.114. The lowest BCUT2D eigenvalue weighted by Crippen LogP contribution is -2.29. The van der Waals surface area contributed by atoms with Crippen molar-refractivity contribution in [1.29, 1.82) is 0 Å². The van der Waals surface area contributed by atoms with Crippen LogP contribution < -0.4 is 15.4 Å². The molecule has 0 bridgehead atoms. The first kappa shape index (κ1) is 18.0. The average molecular weight is 394 g/mol. The van der Waals surface area contributed by atoms with E-state index < -0.39 is 0 Å². The summed E-state index contributed by atoms with van der Waals surface area (Å²) in [6.07, 6.45) is 3.07. The monoisotopic (exact) mass is 394 g/mol. The Morgan fingerprint density at radius 1 is 1.21 bits per heavy atom. The Morgan fingerprint density at radius 3 is 2.82 bits per heavy atom. The van der Waals surface area contributed by atoms with Crippen molar-refractivity contribution in [2.75, 3.05) is 19.0 Å². The molecule has 3 aromatic heterocycles.